The number of ether oxygens (including phenoxy) is 2. The van der Waals surface area contributed by atoms with Crippen molar-refractivity contribution < 1.29 is 9.47 Å². The molecule has 1 atom stereocenters. The van der Waals surface area contributed by atoms with Gasteiger partial charge in [0.05, 0.1) is 0 Å². The van der Waals surface area contributed by atoms with Crippen LogP contribution in [0.25, 0.3) is 0 Å². The molecule has 0 radical (unpaired) electrons. The second-order valence-corrected chi connectivity index (χ2v) is 8.16. The van der Waals surface area contributed by atoms with Crippen molar-refractivity contribution in [2.45, 2.75) is 31.7 Å². The lowest BCUT2D eigenvalue weighted by atomic mass is 9.98. The summed E-state index contributed by atoms with van der Waals surface area (Å²) in [5.41, 5.74) is 3.96. The highest BCUT2D eigenvalue weighted by Crippen LogP contribution is 2.27. The Morgan fingerprint density at radius 1 is 1.00 bits per heavy atom. The first-order chi connectivity index (χ1) is 14.3. The van der Waals surface area contributed by atoms with E-state index in [1.54, 1.807) is 12.5 Å². The number of nitrogens with zero attached hydrogens (tertiary/aromatic N) is 2. The van der Waals surface area contributed by atoms with Gasteiger partial charge in [0.1, 0.15) is 6.26 Å². The zero-order chi connectivity index (χ0) is 19.5. The molecule has 1 aromatic rings. The number of anilines is 1. The Kier molecular flexibility index (Phi) is 5.31. The number of rotatable bonds is 4. The Morgan fingerprint density at radius 3 is 2.69 bits per heavy atom. The fraction of sp³-hybridized carbons (Fsp3) is 0.417. The van der Waals surface area contributed by atoms with Gasteiger partial charge in [0.15, 0.2) is 12.0 Å². The Balaban J connectivity index is 1.10. The third-order valence-electron chi connectivity index (χ3n) is 6.21. The first-order valence-electron chi connectivity index (χ1n) is 10.8. The molecule has 5 rings (SSSR count). The molecule has 4 aliphatic rings. The van der Waals surface area contributed by atoms with E-state index >= 15 is 0 Å². The van der Waals surface area contributed by atoms with E-state index in [2.05, 4.69) is 57.6 Å². The van der Waals surface area contributed by atoms with Crippen LogP contribution in [0.1, 0.15) is 24.8 Å². The Labute approximate surface area is 173 Å². The molecule has 152 valence electrons. The van der Waals surface area contributed by atoms with E-state index in [0.29, 0.717) is 6.04 Å². The number of aryl methyl sites for hydroxylation is 1. The largest absolute Gasteiger partial charge is 0.456 e. The Bertz CT molecular complexity index is 863. The van der Waals surface area contributed by atoms with Crippen LogP contribution in [-0.2, 0) is 15.9 Å². The minimum absolute atomic E-state index is 0.535. The highest BCUT2D eigenvalue weighted by Gasteiger charge is 2.25. The van der Waals surface area contributed by atoms with Crippen molar-refractivity contribution in [3.05, 3.63) is 77.8 Å². The lowest BCUT2D eigenvalue weighted by molar-refractivity contribution is 0.0826. The summed E-state index contributed by atoms with van der Waals surface area (Å²) in [4.78, 5) is 4.84. The Morgan fingerprint density at radius 2 is 1.90 bits per heavy atom. The van der Waals surface area contributed by atoms with Crippen molar-refractivity contribution in [1.82, 2.24) is 9.80 Å². The van der Waals surface area contributed by atoms with Gasteiger partial charge in [-0.05, 0) is 42.9 Å². The van der Waals surface area contributed by atoms with Gasteiger partial charge in [-0.25, -0.2) is 0 Å². The monoisotopic (exact) mass is 391 g/mol. The van der Waals surface area contributed by atoms with Crippen molar-refractivity contribution in [2.24, 2.45) is 0 Å². The third-order valence-corrected chi connectivity index (χ3v) is 6.21. The summed E-state index contributed by atoms with van der Waals surface area (Å²) < 4.78 is 11.8. The highest BCUT2D eigenvalue weighted by atomic mass is 16.6. The third kappa shape index (κ3) is 4.20. The average molecular weight is 392 g/mol. The number of allylic oxidation sites excluding steroid dienone is 4. The van der Waals surface area contributed by atoms with Crippen LogP contribution in [0.15, 0.2) is 72.2 Å². The summed E-state index contributed by atoms with van der Waals surface area (Å²) in [6.07, 6.45) is 14.3. The van der Waals surface area contributed by atoms with Crippen LogP contribution in [0.4, 0.5) is 5.69 Å². The van der Waals surface area contributed by atoms with Gasteiger partial charge in [0.2, 0.25) is 5.88 Å². The van der Waals surface area contributed by atoms with Crippen LogP contribution in [0.2, 0.25) is 0 Å². The summed E-state index contributed by atoms with van der Waals surface area (Å²) in [5, 5.41) is 3.73. The lowest BCUT2D eigenvalue weighted by Gasteiger charge is -2.39. The molecule has 1 fully saturated rings. The van der Waals surface area contributed by atoms with E-state index in [-0.39, 0.29) is 0 Å². The van der Waals surface area contributed by atoms with Gasteiger partial charge >= 0.3 is 0 Å². The summed E-state index contributed by atoms with van der Waals surface area (Å²) in [7, 11) is 0. The molecule has 0 aromatic heterocycles. The maximum atomic E-state index is 5.91. The van der Waals surface area contributed by atoms with Crippen molar-refractivity contribution in [3.8, 4) is 0 Å². The minimum Gasteiger partial charge on any atom is -0.456 e. The normalized spacial score (nSPS) is 24.3. The topological polar surface area (TPSA) is 37.0 Å². The summed E-state index contributed by atoms with van der Waals surface area (Å²) in [6, 6.07) is 9.22. The van der Waals surface area contributed by atoms with E-state index in [1.807, 2.05) is 0 Å². The standard InChI is InChI=1S/C24H29N3O2/c1-2-7-20(8-3-1)23-17-29-24(18-28-23)27-14-12-26(13-15-27)16-21-11-10-19-6-4-5-9-22(19)25-21/h1-2,4-7,9,17-18,21,25H,3,8,10-16H2. The SMILES string of the molecule is C1=CCCC(C2=COC(N3CCN(CC4CCc5ccccc5N4)CC3)=CO2)=C1. The fourth-order valence-corrected chi connectivity index (χ4v) is 4.49. The molecule has 0 saturated carbocycles. The van der Waals surface area contributed by atoms with Gasteiger partial charge in [0.25, 0.3) is 0 Å². The molecule has 1 aromatic carbocycles. The number of piperazine rings is 1. The van der Waals surface area contributed by atoms with E-state index in [1.165, 1.54) is 29.7 Å². The molecule has 1 saturated heterocycles. The van der Waals surface area contributed by atoms with Gasteiger partial charge in [0, 0.05) is 44.5 Å². The molecule has 29 heavy (non-hydrogen) atoms. The summed E-state index contributed by atoms with van der Waals surface area (Å²) in [5.74, 6) is 1.66. The predicted octanol–water partition coefficient (Wildman–Crippen LogP) is 3.99. The molecule has 0 spiro atoms. The quantitative estimate of drug-likeness (QED) is 0.840. The molecule has 0 amide bonds. The van der Waals surface area contributed by atoms with Crippen molar-refractivity contribution in [3.63, 3.8) is 0 Å². The first-order valence-corrected chi connectivity index (χ1v) is 10.8. The Hall–Kier alpha value is -2.66. The molecule has 1 unspecified atom stereocenters. The first kappa shape index (κ1) is 18.4. The van der Waals surface area contributed by atoms with E-state index in [4.69, 9.17) is 9.47 Å². The van der Waals surface area contributed by atoms with Gasteiger partial charge < -0.3 is 19.7 Å². The second kappa shape index (κ2) is 8.37. The molecule has 1 N–H and O–H groups in total. The van der Waals surface area contributed by atoms with Crippen molar-refractivity contribution in [1.29, 1.82) is 0 Å². The van der Waals surface area contributed by atoms with Crippen molar-refractivity contribution in [2.75, 3.05) is 38.0 Å². The molecule has 5 heteroatoms. The molecule has 1 aliphatic carbocycles. The molecule has 5 nitrogen and oxygen atoms in total. The lowest BCUT2D eigenvalue weighted by Crippen LogP contribution is -2.49. The average Bonchev–Trinajstić information content (AvgIpc) is 2.80. The van der Waals surface area contributed by atoms with Crippen LogP contribution in [0, 0.1) is 0 Å². The molecular weight excluding hydrogens is 362 g/mol. The van der Waals surface area contributed by atoms with Gasteiger partial charge in [-0.1, -0.05) is 36.4 Å². The maximum absolute atomic E-state index is 5.91. The smallest absolute Gasteiger partial charge is 0.231 e. The molecule has 3 heterocycles. The number of fused-ring (bicyclic) bond motifs is 1. The van der Waals surface area contributed by atoms with Gasteiger partial charge in [-0.15, -0.1) is 0 Å². The van der Waals surface area contributed by atoms with E-state index < -0.39 is 0 Å². The fourth-order valence-electron chi connectivity index (χ4n) is 4.49. The number of para-hydroxylation sites is 1. The van der Waals surface area contributed by atoms with Crippen molar-refractivity contribution >= 4 is 5.69 Å². The summed E-state index contributed by atoms with van der Waals surface area (Å²) in [6.45, 7) is 5.13. The molecule has 3 aliphatic heterocycles. The van der Waals surface area contributed by atoms with E-state index in [9.17, 15) is 0 Å². The zero-order valence-electron chi connectivity index (χ0n) is 16.8. The molecule has 0 bridgehead atoms. The van der Waals surface area contributed by atoms with E-state index in [0.717, 1.165) is 57.2 Å². The number of nitrogens with one attached hydrogen (secondary N) is 1. The van der Waals surface area contributed by atoms with Gasteiger partial charge in [-0.3, -0.25) is 4.90 Å². The van der Waals surface area contributed by atoms with Crippen LogP contribution in [0.5, 0.6) is 0 Å². The second-order valence-electron chi connectivity index (χ2n) is 8.16. The zero-order valence-corrected chi connectivity index (χ0v) is 16.8. The predicted molar refractivity (Wildman–Crippen MR) is 115 cm³/mol. The number of hydrogen-bond acceptors (Lipinski definition) is 5. The number of benzene rings is 1. The van der Waals surface area contributed by atoms with Crippen LogP contribution >= 0.6 is 0 Å². The molecular formula is C24H29N3O2. The number of hydrogen-bond donors (Lipinski definition) is 1. The summed E-state index contributed by atoms with van der Waals surface area (Å²) >= 11 is 0. The van der Waals surface area contributed by atoms with Crippen LogP contribution < -0.4 is 5.32 Å². The minimum atomic E-state index is 0.535. The van der Waals surface area contributed by atoms with Gasteiger partial charge in [-0.2, -0.15) is 0 Å². The maximum Gasteiger partial charge on any atom is 0.231 e. The van der Waals surface area contributed by atoms with Crippen LogP contribution in [-0.4, -0.2) is 48.6 Å². The van der Waals surface area contributed by atoms with Crippen LogP contribution in [0.3, 0.4) is 0 Å². The highest BCUT2D eigenvalue weighted by molar-refractivity contribution is 5.53.